The number of ether oxygens (including phenoxy) is 4. The summed E-state index contributed by atoms with van der Waals surface area (Å²) in [7, 11) is 1.60. The number of carbonyl (C=O) groups excluding carboxylic acids is 1. The molecule has 164 valence electrons. The van der Waals surface area contributed by atoms with Crippen molar-refractivity contribution in [3.05, 3.63) is 83.4 Å². The third-order valence-electron chi connectivity index (χ3n) is 5.07. The first kappa shape index (κ1) is 21.3. The van der Waals surface area contributed by atoms with E-state index in [9.17, 15) is 4.79 Å². The van der Waals surface area contributed by atoms with E-state index in [2.05, 4.69) is 18.3 Å². The average Bonchev–Trinajstić information content (AvgIpc) is 2.82. The van der Waals surface area contributed by atoms with Crippen LogP contribution in [0.5, 0.6) is 23.0 Å². The fraction of sp³-hybridized carbons (Fsp3) is 0.192. The topological polar surface area (TPSA) is 66.0 Å². The maximum absolute atomic E-state index is 12.3. The normalized spacial score (nSPS) is 12.4. The SMILES string of the molecule is COc1cc(/C=C/C(=O)Nc2ccc3c(c2)OCCO3)ccc1OCc1ccccc1C. The maximum Gasteiger partial charge on any atom is 0.248 e. The number of anilines is 1. The Morgan fingerprint density at radius 1 is 1.00 bits per heavy atom. The van der Waals surface area contributed by atoms with E-state index in [-0.39, 0.29) is 5.91 Å². The Bertz CT molecular complexity index is 1140. The smallest absolute Gasteiger partial charge is 0.248 e. The summed E-state index contributed by atoms with van der Waals surface area (Å²) < 4.78 is 22.5. The Kier molecular flexibility index (Phi) is 6.60. The monoisotopic (exact) mass is 431 g/mol. The van der Waals surface area contributed by atoms with Crippen LogP contribution >= 0.6 is 0 Å². The number of hydrogen-bond acceptors (Lipinski definition) is 5. The first-order valence-corrected chi connectivity index (χ1v) is 10.4. The van der Waals surface area contributed by atoms with Crippen molar-refractivity contribution in [2.24, 2.45) is 0 Å². The molecule has 4 rings (SSSR count). The largest absolute Gasteiger partial charge is 0.493 e. The molecular weight excluding hydrogens is 406 g/mol. The van der Waals surface area contributed by atoms with Gasteiger partial charge in [0.05, 0.1) is 7.11 Å². The van der Waals surface area contributed by atoms with E-state index in [0.29, 0.717) is 48.5 Å². The molecule has 3 aromatic rings. The van der Waals surface area contributed by atoms with Crippen molar-refractivity contribution < 1.29 is 23.7 Å². The molecule has 0 bridgehead atoms. The number of fused-ring (bicyclic) bond motifs is 1. The van der Waals surface area contributed by atoms with E-state index in [0.717, 1.165) is 11.1 Å². The van der Waals surface area contributed by atoms with Crippen molar-refractivity contribution in [1.82, 2.24) is 0 Å². The number of aryl methyl sites for hydroxylation is 1. The van der Waals surface area contributed by atoms with Gasteiger partial charge >= 0.3 is 0 Å². The van der Waals surface area contributed by atoms with Gasteiger partial charge in [0.1, 0.15) is 19.8 Å². The highest BCUT2D eigenvalue weighted by molar-refractivity contribution is 6.02. The van der Waals surface area contributed by atoms with E-state index in [1.165, 1.54) is 11.6 Å². The highest BCUT2D eigenvalue weighted by Gasteiger charge is 2.12. The molecule has 0 unspecified atom stereocenters. The van der Waals surface area contributed by atoms with Crippen LogP contribution in [-0.4, -0.2) is 26.2 Å². The first-order valence-electron chi connectivity index (χ1n) is 10.4. The Balaban J connectivity index is 1.39. The van der Waals surface area contributed by atoms with Crippen LogP contribution in [0.15, 0.2) is 66.7 Å². The summed E-state index contributed by atoms with van der Waals surface area (Å²) >= 11 is 0. The Hall–Kier alpha value is -3.93. The fourth-order valence-corrected chi connectivity index (χ4v) is 3.31. The van der Waals surface area contributed by atoms with Gasteiger partial charge in [0.2, 0.25) is 5.91 Å². The second-order valence-electron chi connectivity index (χ2n) is 7.31. The summed E-state index contributed by atoms with van der Waals surface area (Å²) in [5.74, 6) is 2.31. The minimum Gasteiger partial charge on any atom is -0.493 e. The zero-order chi connectivity index (χ0) is 22.3. The second kappa shape index (κ2) is 9.92. The second-order valence-corrected chi connectivity index (χ2v) is 7.31. The zero-order valence-corrected chi connectivity index (χ0v) is 18.1. The van der Waals surface area contributed by atoms with E-state index >= 15 is 0 Å². The molecule has 0 saturated heterocycles. The summed E-state index contributed by atoms with van der Waals surface area (Å²) in [5, 5.41) is 2.83. The van der Waals surface area contributed by atoms with Crippen molar-refractivity contribution in [3.63, 3.8) is 0 Å². The lowest BCUT2D eigenvalue weighted by Crippen LogP contribution is -2.16. The van der Waals surface area contributed by atoms with Gasteiger partial charge in [0.15, 0.2) is 23.0 Å². The molecule has 3 aromatic carbocycles. The van der Waals surface area contributed by atoms with E-state index < -0.39 is 0 Å². The van der Waals surface area contributed by atoms with Crippen molar-refractivity contribution >= 4 is 17.7 Å². The number of hydrogen-bond donors (Lipinski definition) is 1. The molecule has 0 aliphatic carbocycles. The van der Waals surface area contributed by atoms with Crippen LogP contribution in [0.3, 0.4) is 0 Å². The third-order valence-corrected chi connectivity index (χ3v) is 5.07. The van der Waals surface area contributed by atoms with Gasteiger partial charge in [-0.15, -0.1) is 0 Å². The Labute approximate surface area is 187 Å². The van der Waals surface area contributed by atoms with Crippen LogP contribution in [-0.2, 0) is 11.4 Å². The lowest BCUT2D eigenvalue weighted by Gasteiger charge is -2.18. The van der Waals surface area contributed by atoms with Gasteiger partial charge in [-0.3, -0.25) is 4.79 Å². The first-order chi connectivity index (χ1) is 15.6. The molecule has 6 heteroatoms. The zero-order valence-electron chi connectivity index (χ0n) is 18.1. The highest BCUT2D eigenvalue weighted by Crippen LogP contribution is 2.33. The van der Waals surface area contributed by atoms with Crippen LogP contribution < -0.4 is 24.3 Å². The van der Waals surface area contributed by atoms with Crippen molar-refractivity contribution in [3.8, 4) is 23.0 Å². The standard InChI is InChI=1S/C26H25NO5/c1-18-5-3-4-6-20(18)17-32-22-10-7-19(15-24(22)29-2)8-12-26(28)27-21-9-11-23-25(16-21)31-14-13-30-23/h3-12,15-16H,13-14,17H2,1-2H3,(H,27,28)/b12-8+. The molecule has 0 saturated carbocycles. The molecular formula is C26H25NO5. The fourth-order valence-electron chi connectivity index (χ4n) is 3.31. The molecule has 0 fully saturated rings. The maximum atomic E-state index is 12.3. The van der Waals surface area contributed by atoms with Gasteiger partial charge in [0.25, 0.3) is 0 Å². The van der Waals surface area contributed by atoms with Crippen LogP contribution in [0.4, 0.5) is 5.69 Å². The predicted octanol–water partition coefficient (Wildman–Crippen LogP) is 5.01. The van der Waals surface area contributed by atoms with Crippen LogP contribution in [0, 0.1) is 6.92 Å². The minimum atomic E-state index is -0.250. The summed E-state index contributed by atoms with van der Waals surface area (Å²) in [6.45, 7) is 3.54. The quantitative estimate of drug-likeness (QED) is 0.533. The molecule has 6 nitrogen and oxygen atoms in total. The van der Waals surface area contributed by atoms with Crippen molar-refractivity contribution in [1.29, 1.82) is 0 Å². The summed E-state index contributed by atoms with van der Waals surface area (Å²) in [6, 6.07) is 19.0. The van der Waals surface area contributed by atoms with E-state index in [4.69, 9.17) is 18.9 Å². The van der Waals surface area contributed by atoms with Gasteiger partial charge in [-0.25, -0.2) is 0 Å². The molecule has 0 radical (unpaired) electrons. The molecule has 1 N–H and O–H groups in total. The Morgan fingerprint density at radius 2 is 1.81 bits per heavy atom. The highest BCUT2D eigenvalue weighted by atomic mass is 16.6. The van der Waals surface area contributed by atoms with Gasteiger partial charge < -0.3 is 24.3 Å². The number of amides is 1. The number of nitrogens with one attached hydrogen (secondary N) is 1. The van der Waals surface area contributed by atoms with E-state index in [1.807, 2.05) is 36.4 Å². The summed E-state index contributed by atoms with van der Waals surface area (Å²) in [5.41, 5.74) is 3.76. The number of carbonyl (C=O) groups is 1. The van der Waals surface area contributed by atoms with Gasteiger partial charge in [-0.05, 0) is 54.0 Å². The molecule has 0 atom stereocenters. The van der Waals surface area contributed by atoms with Gasteiger partial charge in [0, 0.05) is 17.8 Å². The van der Waals surface area contributed by atoms with Crippen molar-refractivity contribution in [2.45, 2.75) is 13.5 Å². The average molecular weight is 431 g/mol. The molecule has 1 aliphatic heterocycles. The van der Waals surface area contributed by atoms with Gasteiger partial charge in [-0.2, -0.15) is 0 Å². The van der Waals surface area contributed by atoms with Crippen LogP contribution in [0.1, 0.15) is 16.7 Å². The van der Waals surface area contributed by atoms with E-state index in [1.54, 1.807) is 31.4 Å². The molecule has 1 heterocycles. The molecule has 1 aliphatic rings. The Morgan fingerprint density at radius 3 is 2.62 bits per heavy atom. The lowest BCUT2D eigenvalue weighted by molar-refractivity contribution is -0.111. The molecule has 1 amide bonds. The summed E-state index contributed by atoms with van der Waals surface area (Å²) in [4.78, 5) is 12.3. The van der Waals surface area contributed by atoms with Crippen LogP contribution in [0.25, 0.3) is 6.08 Å². The van der Waals surface area contributed by atoms with Gasteiger partial charge in [-0.1, -0.05) is 30.3 Å². The number of benzene rings is 3. The summed E-state index contributed by atoms with van der Waals surface area (Å²) in [6.07, 6.45) is 3.19. The number of rotatable bonds is 7. The third kappa shape index (κ3) is 5.21. The predicted molar refractivity (Wildman–Crippen MR) is 124 cm³/mol. The van der Waals surface area contributed by atoms with Crippen molar-refractivity contribution in [2.75, 3.05) is 25.6 Å². The molecule has 0 aromatic heterocycles. The number of methoxy groups -OCH3 is 1. The molecule has 0 spiro atoms. The molecule has 32 heavy (non-hydrogen) atoms. The van der Waals surface area contributed by atoms with Crippen LogP contribution in [0.2, 0.25) is 0 Å². The lowest BCUT2D eigenvalue weighted by atomic mass is 10.1. The minimum absolute atomic E-state index is 0.250.